The number of nitrogens with zero attached hydrogens (tertiary/aromatic N) is 1. The number of carbonyl (C=O) groups is 1. The minimum atomic E-state index is -0.252. The van der Waals surface area contributed by atoms with Crippen molar-refractivity contribution in [3.63, 3.8) is 0 Å². The van der Waals surface area contributed by atoms with Crippen LogP contribution in [0, 0.1) is 5.82 Å². The average molecular weight is 310 g/mol. The molecular weight excluding hydrogens is 287 g/mol. The van der Waals surface area contributed by atoms with Crippen LogP contribution in [0.2, 0.25) is 0 Å². The number of thioether (sulfide) groups is 1. The van der Waals surface area contributed by atoms with E-state index in [1.807, 2.05) is 11.8 Å². The van der Waals surface area contributed by atoms with Crippen LogP contribution in [0.25, 0.3) is 0 Å². The van der Waals surface area contributed by atoms with Gasteiger partial charge in [0.2, 0.25) is 5.91 Å². The lowest BCUT2D eigenvalue weighted by Crippen LogP contribution is -2.41. The van der Waals surface area contributed by atoms with Gasteiger partial charge < -0.3 is 4.90 Å². The molecule has 0 aromatic heterocycles. The maximum atomic E-state index is 13.1. The Morgan fingerprint density at radius 1 is 1.33 bits per heavy atom. The zero-order valence-electron chi connectivity index (χ0n) is 12.8. The molecule has 3 unspecified atom stereocenters. The van der Waals surface area contributed by atoms with Gasteiger partial charge in [-0.3, -0.25) is 10.1 Å². The second-order valence-corrected chi connectivity index (χ2v) is 6.26. The van der Waals surface area contributed by atoms with Gasteiger partial charge in [-0.1, -0.05) is 26.0 Å². The SMILES string of the molecule is CCC1NC(c2ccc(F)cc2)N(C(CC)CSC)C1=O. The smallest absolute Gasteiger partial charge is 0.241 e. The van der Waals surface area contributed by atoms with E-state index in [0.29, 0.717) is 0 Å². The first-order chi connectivity index (χ1) is 10.1. The zero-order chi connectivity index (χ0) is 15.4. The third kappa shape index (κ3) is 3.40. The highest BCUT2D eigenvalue weighted by molar-refractivity contribution is 7.98. The summed E-state index contributed by atoms with van der Waals surface area (Å²) in [6.07, 6.45) is 3.59. The molecule has 1 aromatic carbocycles. The fraction of sp³-hybridized carbons (Fsp3) is 0.562. The van der Waals surface area contributed by atoms with E-state index in [9.17, 15) is 9.18 Å². The van der Waals surface area contributed by atoms with Crippen molar-refractivity contribution in [2.24, 2.45) is 0 Å². The third-order valence-electron chi connectivity index (χ3n) is 4.01. The van der Waals surface area contributed by atoms with Gasteiger partial charge in [0.15, 0.2) is 0 Å². The Morgan fingerprint density at radius 3 is 2.52 bits per heavy atom. The Kier molecular flexibility index (Phi) is 5.65. The van der Waals surface area contributed by atoms with Crippen LogP contribution in [0.15, 0.2) is 24.3 Å². The predicted molar refractivity (Wildman–Crippen MR) is 85.7 cm³/mol. The number of nitrogens with one attached hydrogen (secondary N) is 1. The van der Waals surface area contributed by atoms with Crippen LogP contribution in [0.4, 0.5) is 4.39 Å². The predicted octanol–water partition coefficient (Wildman–Crippen LogP) is 3.18. The van der Waals surface area contributed by atoms with Crippen LogP contribution in [-0.4, -0.2) is 34.9 Å². The zero-order valence-corrected chi connectivity index (χ0v) is 13.6. The van der Waals surface area contributed by atoms with Crippen molar-refractivity contribution < 1.29 is 9.18 Å². The van der Waals surface area contributed by atoms with Crippen LogP contribution in [0.5, 0.6) is 0 Å². The maximum absolute atomic E-state index is 13.1. The number of hydrogen-bond acceptors (Lipinski definition) is 3. The van der Waals surface area contributed by atoms with Crippen LogP contribution in [0.1, 0.15) is 38.4 Å². The molecule has 116 valence electrons. The number of benzene rings is 1. The van der Waals surface area contributed by atoms with Crippen molar-refractivity contribution >= 4 is 17.7 Å². The van der Waals surface area contributed by atoms with Crippen LogP contribution in [-0.2, 0) is 4.79 Å². The third-order valence-corrected chi connectivity index (χ3v) is 4.73. The van der Waals surface area contributed by atoms with Gasteiger partial charge >= 0.3 is 0 Å². The molecule has 0 bridgehead atoms. The van der Waals surface area contributed by atoms with Gasteiger partial charge in [0.05, 0.1) is 6.04 Å². The largest absolute Gasteiger partial charge is 0.318 e. The molecule has 3 atom stereocenters. The summed E-state index contributed by atoms with van der Waals surface area (Å²) in [5.41, 5.74) is 0.945. The minimum absolute atomic E-state index is 0.143. The summed E-state index contributed by atoms with van der Waals surface area (Å²) in [6.45, 7) is 4.12. The first-order valence-electron chi connectivity index (χ1n) is 7.45. The monoisotopic (exact) mass is 310 g/mol. The lowest BCUT2D eigenvalue weighted by molar-refractivity contribution is -0.132. The van der Waals surface area contributed by atoms with Crippen LogP contribution < -0.4 is 5.32 Å². The molecule has 3 nitrogen and oxygen atoms in total. The lowest BCUT2D eigenvalue weighted by Gasteiger charge is -2.32. The summed E-state index contributed by atoms with van der Waals surface area (Å²) in [5.74, 6) is 0.823. The van der Waals surface area contributed by atoms with Crippen LogP contribution >= 0.6 is 11.8 Å². The first kappa shape index (κ1) is 16.3. The molecule has 1 aliphatic heterocycles. The molecular formula is C16H23FN2OS. The van der Waals surface area contributed by atoms with Crippen molar-refractivity contribution in [1.29, 1.82) is 0 Å². The minimum Gasteiger partial charge on any atom is -0.318 e. The molecule has 5 heteroatoms. The highest BCUT2D eigenvalue weighted by Crippen LogP contribution is 2.30. The normalized spacial score (nSPS) is 23.6. The highest BCUT2D eigenvalue weighted by atomic mass is 32.2. The summed E-state index contributed by atoms with van der Waals surface area (Å²) in [4.78, 5) is 14.6. The van der Waals surface area contributed by atoms with Gasteiger partial charge in [-0.2, -0.15) is 11.8 Å². The van der Waals surface area contributed by atoms with E-state index in [2.05, 4.69) is 18.5 Å². The van der Waals surface area contributed by atoms with Crippen molar-refractivity contribution in [3.05, 3.63) is 35.6 Å². The molecule has 1 amide bonds. The molecule has 1 aliphatic rings. The maximum Gasteiger partial charge on any atom is 0.241 e. The standard InChI is InChI=1S/C16H23FN2OS/c1-4-13(10-21-3)19-15(18-14(5-2)16(19)20)11-6-8-12(17)9-7-11/h6-9,13-15,18H,4-5,10H2,1-3H3. The summed E-state index contributed by atoms with van der Waals surface area (Å²) in [6, 6.07) is 6.49. The number of rotatable bonds is 6. The Balaban J connectivity index is 2.31. The van der Waals surface area contributed by atoms with E-state index in [1.54, 1.807) is 23.9 Å². The molecule has 1 aromatic rings. The fourth-order valence-electron chi connectivity index (χ4n) is 2.82. The van der Waals surface area contributed by atoms with E-state index in [1.165, 1.54) is 12.1 Å². The second kappa shape index (κ2) is 7.27. The van der Waals surface area contributed by atoms with E-state index >= 15 is 0 Å². The number of carbonyl (C=O) groups excluding carboxylic acids is 1. The van der Waals surface area contributed by atoms with Crippen molar-refractivity contribution in [2.75, 3.05) is 12.0 Å². The van der Waals surface area contributed by atoms with Gasteiger partial charge in [-0.15, -0.1) is 0 Å². The number of amides is 1. The molecule has 1 saturated heterocycles. The number of halogens is 1. The van der Waals surface area contributed by atoms with E-state index < -0.39 is 0 Å². The van der Waals surface area contributed by atoms with E-state index in [-0.39, 0.29) is 30.0 Å². The molecule has 1 N–H and O–H groups in total. The number of hydrogen-bond donors (Lipinski definition) is 1. The summed E-state index contributed by atoms with van der Waals surface area (Å²) in [5, 5.41) is 3.39. The molecule has 1 fully saturated rings. The van der Waals surface area contributed by atoms with Gasteiger partial charge in [-0.25, -0.2) is 4.39 Å². The average Bonchev–Trinajstić information content (AvgIpc) is 2.82. The molecule has 0 radical (unpaired) electrons. The Labute approximate surface area is 130 Å². The molecule has 1 heterocycles. The molecule has 21 heavy (non-hydrogen) atoms. The van der Waals surface area contributed by atoms with Crippen molar-refractivity contribution in [3.8, 4) is 0 Å². The van der Waals surface area contributed by atoms with E-state index in [4.69, 9.17) is 0 Å². The summed E-state index contributed by atoms with van der Waals surface area (Å²) >= 11 is 1.75. The van der Waals surface area contributed by atoms with Crippen molar-refractivity contribution in [1.82, 2.24) is 10.2 Å². The molecule has 0 aliphatic carbocycles. The summed E-state index contributed by atoms with van der Waals surface area (Å²) in [7, 11) is 0. The lowest BCUT2D eigenvalue weighted by atomic mass is 10.1. The fourth-order valence-corrected chi connectivity index (χ4v) is 3.60. The Hall–Kier alpha value is -1.07. The van der Waals surface area contributed by atoms with Crippen molar-refractivity contribution in [2.45, 2.75) is 44.9 Å². The topological polar surface area (TPSA) is 32.3 Å². The first-order valence-corrected chi connectivity index (χ1v) is 8.84. The van der Waals surface area contributed by atoms with Gasteiger partial charge in [0.1, 0.15) is 12.0 Å². The van der Waals surface area contributed by atoms with Gasteiger partial charge in [0, 0.05) is 11.8 Å². The quantitative estimate of drug-likeness (QED) is 0.876. The highest BCUT2D eigenvalue weighted by Gasteiger charge is 2.41. The molecule has 0 spiro atoms. The van der Waals surface area contributed by atoms with Gasteiger partial charge in [-0.05, 0) is 36.8 Å². The Morgan fingerprint density at radius 2 is 2.00 bits per heavy atom. The molecule has 2 rings (SSSR count). The van der Waals surface area contributed by atoms with E-state index in [0.717, 1.165) is 24.2 Å². The van der Waals surface area contributed by atoms with Gasteiger partial charge in [0.25, 0.3) is 0 Å². The Bertz CT molecular complexity index is 480. The summed E-state index contributed by atoms with van der Waals surface area (Å²) < 4.78 is 13.1. The van der Waals surface area contributed by atoms with Crippen LogP contribution in [0.3, 0.4) is 0 Å². The second-order valence-electron chi connectivity index (χ2n) is 5.34. The molecule has 0 saturated carbocycles.